The number of ether oxygens (including phenoxy) is 3. The minimum Gasteiger partial charge on any atom is -0.657 e. The smallest absolute Gasteiger partial charge is 0.657 e. The van der Waals surface area contributed by atoms with Crippen LogP contribution in [-0.4, -0.2) is 34.9 Å². The van der Waals surface area contributed by atoms with E-state index >= 15 is 0 Å². The molecule has 0 aliphatic carbocycles. The van der Waals surface area contributed by atoms with Crippen molar-refractivity contribution >= 4 is 58.2 Å². The van der Waals surface area contributed by atoms with Crippen LogP contribution in [0.25, 0.3) is 57.5 Å². The van der Waals surface area contributed by atoms with E-state index in [4.69, 9.17) is 34.1 Å². The molecule has 7 rings (SSSR count). The first-order valence-electron chi connectivity index (χ1n) is 15.3. The van der Waals surface area contributed by atoms with Crippen molar-refractivity contribution < 1.29 is 38.5 Å². The molecule has 0 atom stereocenters. The van der Waals surface area contributed by atoms with Gasteiger partial charge >= 0.3 is 25.6 Å². The van der Waals surface area contributed by atoms with Crippen LogP contribution in [0.2, 0.25) is 0 Å². The van der Waals surface area contributed by atoms with Gasteiger partial charge < -0.3 is 24.2 Å². The maximum atomic E-state index is 12.3. The Labute approximate surface area is 286 Å². The molecule has 47 heavy (non-hydrogen) atoms. The molecule has 4 aromatic rings. The van der Waals surface area contributed by atoms with Crippen molar-refractivity contribution in [2.45, 2.75) is 46.5 Å². The number of aromatic nitrogens is 4. The molecule has 1 aromatic carbocycles. The molecule has 1 saturated heterocycles. The molecule has 234 valence electrons. The number of carbonyl (C=O) groups is 1. The fourth-order valence-corrected chi connectivity index (χ4v) is 5.52. The summed E-state index contributed by atoms with van der Waals surface area (Å²) < 4.78 is 17.8. The van der Waals surface area contributed by atoms with Crippen molar-refractivity contribution in [3.8, 4) is 11.1 Å². The number of benzene rings is 1. The van der Waals surface area contributed by atoms with Gasteiger partial charge in [-0.25, -0.2) is 14.8 Å². The summed E-state index contributed by atoms with van der Waals surface area (Å²) in [6.07, 6.45) is 6.82. The molecule has 1 fully saturated rings. The second-order valence-corrected chi connectivity index (χ2v) is 13.4. The van der Waals surface area contributed by atoms with Crippen LogP contribution in [0.1, 0.15) is 69.2 Å². The molecular formula is C37H35N5O4Zn. The van der Waals surface area contributed by atoms with Gasteiger partial charge in [-0.15, -0.1) is 22.1 Å². The number of rotatable bonds is 3. The number of fused-ring (bicyclic) bond motifs is 8. The number of amides is 1. The van der Waals surface area contributed by atoms with E-state index in [0.29, 0.717) is 18.9 Å². The fourth-order valence-electron chi connectivity index (χ4n) is 5.52. The van der Waals surface area contributed by atoms with Gasteiger partial charge in [0, 0.05) is 16.7 Å². The standard InChI is InChI=1S/C37H36N5O4.Zn/c1-36(2,3)46-35(43)42-23-8-6-22(7-9-23)32-28-14-10-24(38-28)18-26-12-16-30(40-26)33(34-44-20-37(4,5)21-45-34)31-17-13-27(41-31)19-25-11-15-29(32)39-25;/h6-19,34H,20-21H2,1-5H3,(H2-,38,39,40,41,42,43);/q-1;+2/p-1. The minimum atomic E-state index is -0.588. The summed E-state index contributed by atoms with van der Waals surface area (Å²) in [5, 5.41) is 2.80. The Morgan fingerprint density at radius 2 is 1.40 bits per heavy atom. The van der Waals surface area contributed by atoms with Crippen LogP contribution in [0.15, 0.2) is 60.7 Å². The first kappa shape index (κ1) is 32.6. The van der Waals surface area contributed by atoms with Gasteiger partial charge in [0.05, 0.1) is 36.0 Å². The summed E-state index contributed by atoms with van der Waals surface area (Å²) in [6.45, 7) is 10.9. The molecule has 0 radical (unpaired) electrons. The fraction of sp³-hybridized carbons (Fsp3) is 0.270. The molecule has 0 unspecified atom stereocenters. The van der Waals surface area contributed by atoms with Gasteiger partial charge in [-0.1, -0.05) is 62.4 Å². The van der Waals surface area contributed by atoms with Gasteiger partial charge in [-0.05, 0) is 68.3 Å². The zero-order valence-electron chi connectivity index (χ0n) is 27.2. The quantitative estimate of drug-likeness (QED) is 0.188. The molecule has 10 heteroatoms. The molecule has 1 amide bonds. The maximum absolute atomic E-state index is 12.3. The molecule has 3 aliphatic rings. The normalized spacial score (nSPS) is 15.7. The largest absolute Gasteiger partial charge is 2.00 e. The Morgan fingerprint density at radius 1 is 0.830 bits per heavy atom. The molecule has 0 saturated carbocycles. The summed E-state index contributed by atoms with van der Waals surface area (Å²) in [7, 11) is 0. The van der Waals surface area contributed by atoms with Crippen molar-refractivity contribution in [1.82, 2.24) is 19.9 Å². The van der Waals surface area contributed by atoms with E-state index in [1.54, 1.807) is 0 Å². The summed E-state index contributed by atoms with van der Waals surface area (Å²) in [5.74, 6) is 0. The predicted octanol–water partition coefficient (Wildman–Crippen LogP) is 8.00. The molecule has 9 nitrogen and oxygen atoms in total. The van der Waals surface area contributed by atoms with Crippen molar-refractivity contribution in [2.24, 2.45) is 5.41 Å². The number of nitrogens with zero attached hydrogens (tertiary/aromatic N) is 4. The molecule has 0 spiro atoms. The first-order valence-corrected chi connectivity index (χ1v) is 15.3. The molecule has 3 aromatic heterocycles. The van der Waals surface area contributed by atoms with E-state index in [2.05, 4.69) is 19.2 Å². The van der Waals surface area contributed by atoms with Crippen LogP contribution in [0.3, 0.4) is 0 Å². The number of hydrogen-bond donors (Lipinski definition) is 1. The van der Waals surface area contributed by atoms with Crippen molar-refractivity contribution in [3.63, 3.8) is 0 Å². The van der Waals surface area contributed by atoms with E-state index in [9.17, 15) is 4.79 Å². The summed E-state index contributed by atoms with van der Waals surface area (Å²) in [4.78, 5) is 32.1. The van der Waals surface area contributed by atoms with E-state index < -0.39 is 18.0 Å². The number of nitrogens with one attached hydrogen (secondary N) is 1. The van der Waals surface area contributed by atoms with E-state index in [1.165, 1.54) is 0 Å². The van der Waals surface area contributed by atoms with Gasteiger partial charge in [0.1, 0.15) is 5.60 Å². The van der Waals surface area contributed by atoms with E-state index in [0.717, 1.165) is 61.5 Å². The second-order valence-electron chi connectivity index (χ2n) is 13.4. The maximum Gasteiger partial charge on any atom is 2.00 e. The van der Waals surface area contributed by atoms with Crippen molar-refractivity contribution in [3.05, 3.63) is 89.0 Å². The van der Waals surface area contributed by atoms with Crippen LogP contribution in [0, 0.1) is 5.41 Å². The summed E-state index contributed by atoms with van der Waals surface area (Å²) in [6, 6.07) is 19.4. The van der Waals surface area contributed by atoms with Gasteiger partial charge in [0.25, 0.3) is 0 Å². The third-order valence-corrected chi connectivity index (χ3v) is 7.61. The first-order chi connectivity index (χ1) is 22.0. The molecule has 6 heterocycles. The number of carbonyl (C=O) groups excluding carboxylic acids is 1. The van der Waals surface area contributed by atoms with Gasteiger partial charge in [0.2, 0.25) is 0 Å². The van der Waals surface area contributed by atoms with Crippen LogP contribution >= 0.6 is 0 Å². The Kier molecular flexibility index (Phi) is 8.79. The van der Waals surface area contributed by atoms with Gasteiger partial charge in [-0.2, -0.15) is 0 Å². The van der Waals surface area contributed by atoms with Crippen LogP contribution in [0.4, 0.5) is 10.5 Å². The zero-order valence-corrected chi connectivity index (χ0v) is 30.2. The molecule has 1 N–H and O–H groups in total. The average molecular weight is 679 g/mol. The SMILES string of the molecule is CC1(C)COC(c2c3nc(cc4ccc([n-]4)c(-c4ccc(NC(=O)OC(C)(C)C)cc4)c4nc(cc5ccc2[n-]5)C=C4)C=C3)OC1.[Zn+2]. The van der Waals surface area contributed by atoms with Crippen molar-refractivity contribution in [2.75, 3.05) is 18.5 Å². The summed E-state index contributed by atoms with van der Waals surface area (Å²) in [5.41, 5.74) is 8.68. The predicted molar refractivity (Wildman–Crippen MR) is 181 cm³/mol. The summed E-state index contributed by atoms with van der Waals surface area (Å²) >= 11 is 0. The average Bonchev–Trinajstić information content (AvgIpc) is 3.80. The van der Waals surface area contributed by atoms with Crippen LogP contribution in [-0.2, 0) is 33.7 Å². The Hall–Kier alpha value is -4.37. The number of anilines is 1. The second kappa shape index (κ2) is 12.7. The van der Waals surface area contributed by atoms with E-state index in [-0.39, 0.29) is 24.9 Å². The Morgan fingerprint density at radius 3 is 2.04 bits per heavy atom. The topological polar surface area (TPSA) is 111 Å². The Balaban J connectivity index is 0.00000386. The third-order valence-electron chi connectivity index (χ3n) is 7.61. The minimum absolute atomic E-state index is 0. The van der Waals surface area contributed by atoms with Gasteiger partial charge in [-0.3, -0.25) is 5.32 Å². The monoisotopic (exact) mass is 677 g/mol. The van der Waals surface area contributed by atoms with Crippen LogP contribution in [0.5, 0.6) is 0 Å². The molecular weight excluding hydrogens is 644 g/mol. The van der Waals surface area contributed by atoms with E-state index in [1.807, 2.05) is 106 Å². The molecule has 8 bridgehead atoms. The van der Waals surface area contributed by atoms with Crippen LogP contribution < -0.4 is 15.3 Å². The third kappa shape index (κ3) is 7.30. The Bertz CT molecular complexity index is 2040. The van der Waals surface area contributed by atoms with Crippen molar-refractivity contribution in [1.29, 1.82) is 0 Å². The zero-order chi connectivity index (χ0) is 32.1. The molecule has 3 aliphatic heterocycles. The number of hydrogen-bond acceptors (Lipinski definition) is 6. The van der Waals surface area contributed by atoms with Gasteiger partial charge in [0.15, 0.2) is 6.29 Å².